The van der Waals surface area contributed by atoms with Crippen LogP contribution in [-0.4, -0.2) is 15.3 Å². The normalized spacial score (nSPS) is 10.7. The van der Waals surface area contributed by atoms with Crippen LogP contribution in [0.3, 0.4) is 0 Å². The first kappa shape index (κ1) is 13.4. The minimum Gasteiger partial charge on any atom is -0.328 e. The van der Waals surface area contributed by atoms with Crippen molar-refractivity contribution in [2.24, 2.45) is 0 Å². The minimum absolute atomic E-state index is 0.151. The van der Waals surface area contributed by atoms with Crippen molar-refractivity contribution in [3.8, 4) is 0 Å². The van der Waals surface area contributed by atoms with Crippen LogP contribution in [-0.2, 0) is 6.54 Å². The number of nitrogens with zero attached hydrogens (tertiary/aromatic N) is 2. The van der Waals surface area contributed by atoms with E-state index in [1.54, 1.807) is 10.8 Å². The van der Waals surface area contributed by atoms with E-state index in [4.69, 9.17) is 0 Å². The highest BCUT2D eigenvalue weighted by molar-refractivity contribution is 6.07. The Balaban J connectivity index is 2.44. The average molecular weight is 264 g/mol. The van der Waals surface area contributed by atoms with Crippen LogP contribution >= 0.6 is 0 Å². The van der Waals surface area contributed by atoms with Crippen LogP contribution in [0.4, 0.5) is 8.78 Å². The molecule has 0 fully saturated rings. The summed E-state index contributed by atoms with van der Waals surface area (Å²) in [5, 5.41) is 0. The molecule has 2 aromatic rings. The van der Waals surface area contributed by atoms with Gasteiger partial charge in [0.15, 0.2) is 5.82 Å². The predicted molar refractivity (Wildman–Crippen MR) is 67.0 cm³/mol. The van der Waals surface area contributed by atoms with Crippen molar-refractivity contribution in [2.45, 2.75) is 26.8 Å². The Morgan fingerprint density at radius 3 is 2.74 bits per heavy atom. The van der Waals surface area contributed by atoms with Crippen molar-refractivity contribution < 1.29 is 13.6 Å². The molecule has 0 N–H and O–H groups in total. The summed E-state index contributed by atoms with van der Waals surface area (Å²) in [6, 6.07) is 1.95. The number of imidazole rings is 1. The highest BCUT2D eigenvalue weighted by Gasteiger charge is 2.20. The largest absolute Gasteiger partial charge is 0.328 e. The van der Waals surface area contributed by atoms with Crippen LogP contribution in [0.25, 0.3) is 0 Å². The van der Waals surface area contributed by atoms with Gasteiger partial charge >= 0.3 is 0 Å². The Hall–Kier alpha value is -2.04. The number of benzene rings is 1. The molecule has 0 radical (unpaired) electrons. The Morgan fingerprint density at radius 2 is 2.05 bits per heavy atom. The molecular weight excluding hydrogens is 250 g/mol. The molecule has 0 aliphatic carbocycles. The number of ketones is 1. The molecule has 1 aromatic heterocycles. The number of hydrogen-bond donors (Lipinski definition) is 0. The van der Waals surface area contributed by atoms with E-state index in [9.17, 15) is 13.6 Å². The minimum atomic E-state index is -0.862. The summed E-state index contributed by atoms with van der Waals surface area (Å²) in [5.41, 5.74) is 0.0841. The van der Waals surface area contributed by atoms with Gasteiger partial charge in [0.25, 0.3) is 0 Å². The molecule has 1 aromatic carbocycles. The van der Waals surface area contributed by atoms with E-state index in [1.165, 1.54) is 19.2 Å². The highest BCUT2D eigenvalue weighted by atomic mass is 19.1. The molecule has 0 saturated heterocycles. The van der Waals surface area contributed by atoms with Gasteiger partial charge in [0, 0.05) is 25.0 Å². The number of aryl methyl sites for hydroxylation is 2. The molecule has 3 nitrogen and oxygen atoms in total. The molecular formula is C14H14F2N2O. The van der Waals surface area contributed by atoms with E-state index in [1.807, 2.05) is 6.92 Å². The number of halogens is 2. The van der Waals surface area contributed by atoms with Crippen molar-refractivity contribution in [2.75, 3.05) is 0 Å². The van der Waals surface area contributed by atoms with Crippen LogP contribution in [0.15, 0.2) is 24.5 Å². The number of hydrogen-bond acceptors (Lipinski definition) is 2. The lowest BCUT2D eigenvalue weighted by Crippen LogP contribution is -2.13. The molecule has 0 aliphatic rings. The van der Waals surface area contributed by atoms with Crippen LogP contribution < -0.4 is 0 Å². The van der Waals surface area contributed by atoms with Crippen molar-refractivity contribution in [1.29, 1.82) is 0 Å². The van der Waals surface area contributed by atoms with Gasteiger partial charge in [-0.25, -0.2) is 13.8 Å². The second-order valence-corrected chi connectivity index (χ2v) is 4.35. The highest BCUT2D eigenvalue weighted by Crippen LogP contribution is 2.17. The lowest BCUT2D eigenvalue weighted by molar-refractivity contribution is 0.102. The lowest BCUT2D eigenvalue weighted by Gasteiger charge is -2.07. The Morgan fingerprint density at radius 1 is 1.32 bits per heavy atom. The first-order chi connectivity index (χ1) is 9.04. The van der Waals surface area contributed by atoms with Crippen LogP contribution in [0.2, 0.25) is 0 Å². The first-order valence-electron chi connectivity index (χ1n) is 6.06. The smallest absolute Gasteiger partial charge is 0.231 e. The molecule has 1 heterocycles. The van der Waals surface area contributed by atoms with E-state index in [-0.39, 0.29) is 17.0 Å². The summed E-state index contributed by atoms with van der Waals surface area (Å²) in [7, 11) is 0. The summed E-state index contributed by atoms with van der Waals surface area (Å²) < 4.78 is 28.6. The number of aromatic nitrogens is 2. The SMILES string of the molecule is CCCn1ccnc1C(=O)c1cc(C)c(F)cc1F. The quantitative estimate of drug-likeness (QED) is 0.795. The lowest BCUT2D eigenvalue weighted by atomic mass is 10.1. The fourth-order valence-corrected chi connectivity index (χ4v) is 1.89. The second-order valence-electron chi connectivity index (χ2n) is 4.35. The van der Waals surface area contributed by atoms with E-state index in [0.29, 0.717) is 6.54 Å². The maximum absolute atomic E-state index is 13.7. The van der Waals surface area contributed by atoms with Crippen molar-refractivity contribution >= 4 is 5.78 Å². The van der Waals surface area contributed by atoms with E-state index >= 15 is 0 Å². The van der Waals surface area contributed by atoms with Gasteiger partial charge in [0.1, 0.15) is 11.6 Å². The first-order valence-corrected chi connectivity index (χ1v) is 6.06. The fraction of sp³-hybridized carbons (Fsp3) is 0.286. The maximum atomic E-state index is 13.7. The standard InChI is InChI=1S/C14H14F2N2O/c1-3-5-18-6-4-17-14(18)13(19)10-7-9(2)11(15)8-12(10)16/h4,6-8H,3,5H2,1-2H3. The molecule has 0 spiro atoms. The zero-order valence-corrected chi connectivity index (χ0v) is 10.8. The number of rotatable bonds is 4. The summed E-state index contributed by atoms with van der Waals surface area (Å²) in [4.78, 5) is 16.2. The summed E-state index contributed by atoms with van der Waals surface area (Å²) >= 11 is 0. The topological polar surface area (TPSA) is 34.9 Å². The molecule has 19 heavy (non-hydrogen) atoms. The third kappa shape index (κ3) is 2.54. The molecule has 0 amide bonds. The monoisotopic (exact) mass is 264 g/mol. The molecule has 2 rings (SSSR count). The Kier molecular flexibility index (Phi) is 3.74. The summed E-state index contributed by atoms with van der Waals surface area (Å²) in [6.07, 6.45) is 4.00. The van der Waals surface area contributed by atoms with Crippen molar-refractivity contribution in [3.63, 3.8) is 0 Å². The Bertz CT molecular complexity index is 620. The summed E-state index contributed by atoms with van der Waals surface area (Å²) in [6.45, 7) is 4.09. The molecule has 0 saturated carbocycles. The van der Waals surface area contributed by atoms with E-state index < -0.39 is 17.4 Å². The predicted octanol–water partition coefficient (Wildman–Crippen LogP) is 3.11. The van der Waals surface area contributed by atoms with Gasteiger partial charge in [-0.3, -0.25) is 4.79 Å². The molecule has 0 atom stereocenters. The Labute approximate surface area is 109 Å². The van der Waals surface area contributed by atoms with Gasteiger partial charge in [-0.1, -0.05) is 6.92 Å². The van der Waals surface area contributed by atoms with Crippen LogP contribution in [0.5, 0.6) is 0 Å². The van der Waals surface area contributed by atoms with Gasteiger partial charge in [0.2, 0.25) is 5.78 Å². The third-order valence-electron chi connectivity index (χ3n) is 2.88. The summed E-state index contributed by atoms with van der Waals surface area (Å²) in [5.74, 6) is -1.88. The third-order valence-corrected chi connectivity index (χ3v) is 2.88. The fourth-order valence-electron chi connectivity index (χ4n) is 1.89. The molecule has 5 heteroatoms. The molecule has 0 unspecified atom stereocenters. The average Bonchev–Trinajstić information content (AvgIpc) is 2.82. The van der Waals surface area contributed by atoms with Crippen LogP contribution in [0.1, 0.15) is 35.1 Å². The number of carbonyl (C=O) groups excluding carboxylic acids is 1. The molecule has 0 aliphatic heterocycles. The van der Waals surface area contributed by atoms with E-state index in [2.05, 4.69) is 4.98 Å². The van der Waals surface area contributed by atoms with Gasteiger partial charge in [0.05, 0.1) is 5.56 Å². The van der Waals surface area contributed by atoms with Crippen LogP contribution in [0, 0.1) is 18.6 Å². The van der Waals surface area contributed by atoms with Gasteiger partial charge in [-0.15, -0.1) is 0 Å². The van der Waals surface area contributed by atoms with Gasteiger partial charge in [-0.05, 0) is 25.0 Å². The van der Waals surface area contributed by atoms with E-state index in [0.717, 1.165) is 12.5 Å². The second kappa shape index (κ2) is 5.30. The van der Waals surface area contributed by atoms with Gasteiger partial charge in [-0.2, -0.15) is 0 Å². The number of carbonyl (C=O) groups is 1. The zero-order valence-electron chi connectivity index (χ0n) is 10.8. The molecule has 0 bridgehead atoms. The van der Waals surface area contributed by atoms with Gasteiger partial charge < -0.3 is 4.57 Å². The van der Waals surface area contributed by atoms with Crippen molar-refractivity contribution in [1.82, 2.24) is 9.55 Å². The maximum Gasteiger partial charge on any atom is 0.231 e. The molecule has 100 valence electrons. The zero-order chi connectivity index (χ0) is 14.0. The van der Waals surface area contributed by atoms with Crippen molar-refractivity contribution in [3.05, 3.63) is 53.1 Å².